The van der Waals surface area contributed by atoms with Gasteiger partial charge in [0.2, 0.25) is 21.8 Å². The van der Waals surface area contributed by atoms with E-state index >= 15 is 0 Å². The molecule has 3 rings (SSSR count). The third-order valence-corrected chi connectivity index (χ3v) is 7.94. The average Bonchev–Trinajstić information content (AvgIpc) is 2.87. The zero-order valence-electron chi connectivity index (χ0n) is 23.0. The molecule has 3 aromatic rings. The van der Waals surface area contributed by atoms with Crippen LogP contribution in [0.25, 0.3) is 0 Å². The molecule has 208 valence electrons. The molecule has 0 unspecified atom stereocenters. The minimum absolute atomic E-state index is 0.00735. The maximum absolute atomic E-state index is 13.8. The highest BCUT2D eigenvalue weighted by Crippen LogP contribution is 2.19. The monoisotopic (exact) mass is 553 g/mol. The second-order valence-corrected chi connectivity index (χ2v) is 12.7. The predicted molar refractivity (Wildman–Crippen MR) is 150 cm³/mol. The van der Waals surface area contributed by atoms with E-state index in [1.165, 1.54) is 36.2 Å². The third-order valence-electron chi connectivity index (χ3n) is 6.12. The molecule has 0 aliphatic heterocycles. The second kappa shape index (κ2) is 12.5. The summed E-state index contributed by atoms with van der Waals surface area (Å²) < 4.78 is 41.0. The Morgan fingerprint density at radius 3 is 2.05 bits per heavy atom. The predicted octanol–water partition coefficient (Wildman–Crippen LogP) is 4.31. The summed E-state index contributed by atoms with van der Waals surface area (Å²) in [6, 6.07) is 20.4. The van der Waals surface area contributed by atoms with E-state index < -0.39 is 39.9 Å². The minimum atomic E-state index is -3.96. The molecule has 39 heavy (non-hydrogen) atoms. The maximum Gasteiger partial charge on any atom is 0.243 e. The molecule has 2 amide bonds. The molecule has 0 aliphatic carbocycles. The van der Waals surface area contributed by atoms with E-state index in [9.17, 15) is 22.4 Å². The number of rotatable bonds is 10. The van der Waals surface area contributed by atoms with Crippen molar-refractivity contribution in [2.75, 3.05) is 13.6 Å². The van der Waals surface area contributed by atoms with Crippen LogP contribution in [-0.4, -0.2) is 54.6 Å². The number of nitrogens with one attached hydrogen (secondary N) is 1. The Bertz CT molecular complexity index is 1370. The standard InChI is InChI=1S/C30H36FN3O4S/c1-22-11-17-26(18-12-22)39(37,38)33(5)21-28(35)34(20-24-13-15-25(31)16-14-24)27(29(36)32-30(2,3)4)19-23-9-7-6-8-10-23/h6-18,27H,19-21H2,1-5H3,(H,32,36)/t27-/m0/s1. The Hall–Kier alpha value is -3.56. The SMILES string of the molecule is Cc1ccc(S(=O)(=O)N(C)CC(=O)N(Cc2ccc(F)cc2)[C@@H](Cc2ccccc2)C(=O)NC(C)(C)C)cc1. The van der Waals surface area contributed by atoms with Gasteiger partial charge in [-0.3, -0.25) is 9.59 Å². The number of aryl methyl sites for hydroxylation is 1. The molecule has 9 heteroatoms. The fourth-order valence-electron chi connectivity index (χ4n) is 4.05. The highest BCUT2D eigenvalue weighted by molar-refractivity contribution is 7.89. The molecule has 0 saturated carbocycles. The van der Waals surface area contributed by atoms with Crippen LogP contribution in [-0.2, 0) is 32.6 Å². The summed E-state index contributed by atoms with van der Waals surface area (Å²) in [5, 5.41) is 2.96. The van der Waals surface area contributed by atoms with Crippen molar-refractivity contribution in [2.45, 2.75) is 57.1 Å². The molecule has 0 spiro atoms. The molecule has 1 N–H and O–H groups in total. The van der Waals surface area contributed by atoms with Crippen LogP contribution in [0.5, 0.6) is 0 Å². The molecular weight excluding hydrogens is 517 g/mol. The van der Waals surface area contributed by atoms with E-state index in [0.29, 0.717) is 5.56 Å². The van der Waals surface area contributed by atoms with Crippen LogP contribution in [0, 0.1) is 12.7 Å². The molecule has 0 bridgehead atoms. The van der Waals surface area contributed by atoms with Gasteiger partial charge in [-0.15, -0.1) is 0 Å². The van der Waals surface area contributed by atoms with Gasteiger partial charge in [0, 0.05) is 25.6 Å². The highest BCUT2D eigenvalue weighted by atomic mass is 32.2. The number of nitrogens with zero attached hydrogens (tertiary/aromatic N) is 2. The van der Waals surface area contributed by atoms with Crippen molar-refractivity contribution in [1.82, 2.24) is 14.5 Å². The van der Waals surface area contributed by atoms with Gasteiger partial charge in [-0.2, -0.15) is 4.31 Å². The lowest BCUT2D eigenvalue weighted by Crippen LogP contribution is -2.56. The molecule has 3 aromatic carbocycles. The summed E-state index contributed by atoms with van der Waals surface area (Å²) in [5.74, 6) is -1.35. The van der Waals surface area contributed by atoms with Gasteiger partial charge in [0.1, 0.15) is 11.9 Å². The summed E-state index contributed by atoms with van der Waals surface area (Å²) >= 11 is 0. The molecule has 0 aromatic heterocycles. The second-order valence-electron chi connectivity index (χ2n) is 10.7. The van der Waals surface area contributed by atoms with Gasteiger partial charge >= 0.3 is 0 Å². The Morgan fingerprint density at radius 1 is 0.897 bits per heavy atom. The molecule has 0 fully saturated rings. The molecule has 1 atom stereocenters. The molecular formula is C30H36FN3O4S. The Labute approximate surface area is 230 Å². The van der Waals surface area contributed by atoms with Crippen LogP contribution < -0.4 is 5.32 Å². The van der Waals surface area contributed by atoms with Crippen LogP contribution in [0.3, 0.4) is 0 Å². The molecule has 0 radical (unpaired) electrons. The van der Waals surface area contributed by atoms with Crippen LogP contribution in [0.2, 0.25) is 0 Å². The van der Waals surface area contributed by atoms with Gasteiger partial charge in [-0.25, -0.2) is 12.8 Å². The quantitative estimate of drug-likeness (QED) is 0.406. The summed E-state index contributed by atoms with van der Waals surface area (Å²) in [6.45, 7) is 6.90. The van der Waals surface area contributed by atoms with E-state index in [2.05, 4.69) is 5.32 Å². The third kappa shape index (κ3) is 8.46. The molecule has 0 saturated heterocycles. The maximum atomic E-state index is 13.8. The average molecular weight is 554 g/mol. The topological polar surface area (TPSA) is 86.8 Å². The van der Waals surface area contributed by atoms with Crippen molar-refractivity contribution in [3.63, 3.8) is 0 Å². The van der Waals surface area contributed by atoms with Crippen molar-refractivity contribution in [3.8, 4) is 0 Å². The lowest BCUT2D eigenvalue weighted by molar-refractivity contribution is -0.141. The van der Waals surface area contributed by atoms with E-state index in [1.807, 2.05) is 58.0 Å². The normalized spacial score (nSPS) is 12.7. The van der Waals surface area contributed by atoms with Gasteiger partial charge in [0.25, 0.3) is 0 Å². The van der Waals surface area contributed by atoms with Gasteiger partial charge in [-0.05, 0) is 63.1 Å². The van der Waals surface area contributed by atoms with Crippen LogP contribution in [0.1, 0.15) is 37.5 Å². The Morgan fingerprint density at radius 2 is 1.49 bits per heavy atom. The first kappa shape index (κ1) is 30.0. The number of likely N-dealkylation sites (N-methyl/N-ethyl adjacent to an activating group) is 1. The summed E-state index contributed by atoms with van der Waals surface area (Å²) in [6.07, 6.45) is 0.212. The highest BCUT2D eigenvalue weighted by Gasteiger charge is 2.34. The number of carbonyl (C=O) groups excluding carboxylic acids is 2. The van der Waals surface area contributed by atoms with E-state index in [-0.39, 0.29) is 23.8 Å². The first-order valence-corrected chi connectivity index (χ1v) is 14.1. The molecule has 0 heterocycles. The van der Waals surface area contributed by atoms with Crippen molar-refractivity contribution >= 4 is 21.8 Å². The first-order chi connectivity index (χ1) is 18.3. The number of hydrogen-bond acceptors (Lipinski definition) is 4. The van der Waals surface area contributed by atoms with Crippen molar-refractivity contribution in [3.05, 3.63) is 101 Å². The zero-order valence-corrected chi connectivity index (χ0v) is 23.8. The number of sulfonamides is 1. The van der Waals surface area contributed by atoms with Crippen molar-refractivity contribution in [1.29, 1.82) is 0 Å². The smallest absolute Gasteiger partial charge is 0.243 e. The summed E-state index contributed by atoms with van der Waals surface area (Å²) in [7, 11) is -2.62. The largest absolute Gasteiger partial charge is 0.350 e. The number of halogens is 1. The van der Waals surface area contributed by atoms with Crippen molar-refractivity contribution < 1.29 is 22.4 Å². The van der Waals surface area contributed by atoms with Gasteiger partial charge in [-0.1, -0.05) is 60.2 Å². The van der Waals surface area contributed by atoms with E-state index in [4.69, 9.17) is 0 Å². The lowest BCUT2D eigenvalue weighted by atomic mass is 10.0. The fraction of sp³-hybridized carbons (Fsp3) is 0.333. The number of benzene rings is 3. The van der Waals surface area contributed by atoms with E-state index in [0.717, 1.165) is 15.4 Å². The summed E-state index contributed by atoms with van der Waals surface area (Å²) in [4.78, 5) is 28.9. The zero-order chi connectivity index (χ0) is 28.8. The van der Waals surface area contributed by atoms with E-state index in [1.54, 1.807) is 24.3 Å². The summed E-state index contributed by atoms with van der Waals surface area (Å²) in [5.41, 5.74) is 1.79. The van der Waals surface area contributed by atoms with Crippen LogP contribution in [0.4, 0.5) is 4.39 Å². The Balaban J connectivity index is 1.98. The van der Waals surface area contributed by atoms with Gasteiger partial charge in [0.15, 0.2) is 0 Å². The fourth-order valence-corrected chi connectivity index (χ4v) is 5.17. The molecule has 7 nitrogen and oxygen atoms in total. The number of carbonyl (C=O) groups is 2. The number of hydrogen-bond donors (Lipinski definition) is 1. The minimum Gasteiger partial charge on any atom is -0.350 e. The lowest BCUT2D eigenvalue weighted by Gasteiger charge is -2.34. The van der Waals surface area contributed by atoms with Gasteiger partial charge in [0.05, 0.1) is 11.4 Å². The Kier molecular flexibility index (Phi) is 9.63. The number of amides is 2. The van der Waals surface area contributed by atoms with Crippen molar-refractivity contribution in [2.24, 2.45) is 0 Å². The molecule has 0 aliphatic rings. The van der Waals surface area contributed by atoms with Gasteiger partial charge < -0.3 is 10.2 Å². The van der Waals surface area contributed by atoms with Crippen LogP contribution in [0.15, 0.2) is 83.8 Å². The first-order valence-electron chi connectivity index (χ1n) is 12.7. The van der Waals surface area contributed by atoms with Crippen LogP contribution >= 0.6 is 0 Å².